The molecule has 0 atom stereocenters. The van der Waals surface area contributed by atoms with Crippen molar-refractivity contribution < 1.29 is 8.42 Å². The van der Waals surface area contributed by atoms with Gasteiger partial charge in [0.15, 0.2) is 5.82 Å². The zero-order valence-corrected chi connectivity index (χ0v) is 16.3. The molecule has 3 rings (SSSR count). The summed E-state index contributed by atoms with van der Waals surface area (Å²) < 4.78 is 29.0. The summed E-state index contributed by atoms with van der Waals surface area (Å²) >= 11 is 12.1. The van der Waals surface area contributed by atoms with E-state index in [2.05, 4.69) is 9.82 Å². The number of aromatic nitrogens is 2. The minimum Gasteiger partial charge on any atom is -0.266 e. The second-order valence-corrected chi connectivity index (χ2v) is 8.26. The standard InChI is InChI=1S/C18H17Cl2N3O2S/c1-2-13-3-7-16(8-4-13)26(24,25)22-18-9-10-23(21-18)12-14-5-6-15(19)11-17(14)20/h3-11H,2,12H2,1H3,(H,21,22). The number of rotatable bonds is 6. The lowest BCUT2D eigenvalue weighted by Crippen LogP contribution is -2.14. The highest BCUT2D eigenvalue weighted by atomic mass is 35.5. The summed E-state index contributed by atoms with van der Waals surface area (Å²) in [5.41, 5.74) is 1.91. The SMILES string of the molecule is CCc1ccc(S(=O)(=O)Nc2ccn(Cc3ccc(Cl)cc3Cl)n2)cc1. The van der Waals surface area contributed by atoms with Crippen LogP contribution in [0.25, 0.3) is 0 Å². The zero-order valence-electron chi connectivity index (χ0n) is 14.0. The first-order valence-corrected chi connectivity index (χ1v) is 10.2. The predicted molar refractivity (Wildman–Crippen MR) is 104 cm³/mol. The van der Waals surface area contributed by atoms with Gasteiger partial charge in [0, 0.05) is 22.3 Å². The van der Waals surface area contributed by atoms with Crippen LogP contribution in [0.15, 0.2) is 59.6 Å². The highest BCUT2D eigenvalue weighted by molar-refractivity contribution is 7.92. The van der Waals surface area contributed by atoms with Gasteiger partial charge in [-0.05, 0) is 41.8 Å². The van der Waals surface area contributed by atoms with E-state index in [1.165, 1.54) is 0 Å². The molecule has 0 unspecified atom stereocenters. The lowest BCUT2D eigenvalue weighted by Gasteiger charge is -2.07. The minimum atomic E-state index is -3.68. The maximum absolute atomic E-state index is 12.5. The molecule has 0 saturated heterocycles. The molecule has 8 heteroatoms. The molecule has 1 N–H and O–H groups in total. The van der Waals surface area contributed by atoms with E-state index < -0.39 is 10.0 Å². The molecule has 0 bridgehead atoms. The Balaban J connectivity index is 1.74. The molecule has 0 amide bonds. The topological polar surface area (TPSA) is 64.0 Å². The van der Waals surface area contributed by atoms with Crippen LogP contribution in [-0.2, 0) is 23.0 Å². The first kappa shape index (κ1) is 18.8. The molecule has 3 aromatic rings. The molecule has 1 heterocycles. The Morgan fingerprint density at radius 3 is 2.46 bits per heavy atom. The number of nitrogens with zero attached hydrogens (tertiary/aromatic N) is 2. The summed E-state index contributed by atoms with van der Waals surface area (Å²) in [5, 5.41) is 5.34. The molecular weight excluding hydrogens is 393 g/mol. The van der Waals surface area contributed by atoms with Crippen molar-refractivity contribution in [1.82, 2.24) is 9.78 Å². The first-order chi connectivity index (χ1) is 12.4. The van der Waals surface area contributed by atoms with E-state index in [9.17, 15) is 8.42 Å². The van der Waals surface area contributed by atoms with E-state index in [-0.39, 0.29) is 10.7 Å². The summed E-state index contributed by atoms with van der Waals surface area (Å²) in [6.07, 6.45) is 2.54. The quantitative estimate of drug-likeness (QED) is 0.646. The second-order valence-electron chi connectivity index (χ2n) is 5.74. The first-order valence-electron chi connectivity index (χ1n) is 7.96. The van der Waals surface area contributed by atoms with Gasteiger partial charge >= 0.3 is 0 Å². The van der Waals surface area contributed by atoms with E-state index >= 15 is 0 Å². The fraction of sp³-hybridized carbons (Fsp3) is 0.167. The summed E-state index contributed by atoms with van der Waals surface area (Å²) in [6, 6.07) is 13.6. The van der Waals surface area contributed by atoms with Crippen LogP contribution in [0.5, 0.6) is 0 Å². The predicted octanol–water partition coefficient (Wildman–Crippen LogP) is 4.60. The van der Waals surface area contributed by atoms with E-state index in [1.807, 2.05) is 13.0 Å². The summed E-state index contributed by atoms with van der Waals surface area (Å²) in [4.78, 5) is 0.199. The minimum absolute atomic E-state index is 0.199. The lowest BCUT2D eigenvalue weighted by atomic mass is 10.2. The highest BCUT2D eigenvalue weighted by Crippen LogP contribution is 2.22. The van der Waals surface area contributed by atoms with Gasteiger partial charge in [0.25, 0.3) is 10.0 Å². The molecule has 0 aliphatic carbocycles. The fourth-order valence-electron chi connectivity index (χ4n) is 2.43. The summed E-state index contributed by atoms with van der Waals surface area (Å²) in [5.74, 6) is 0.245. The number of benzene rings is 2. The highest BCUT2D eigenvalue weighted by Gasteiger charge is 2.15. The van der Waals surface area contributed by atoms with Crippen molar-refractivity contribution >= 4 is 39.0 Å². The van der Waals surface area contributed by atoms with Gasteiger partial charge in [-0.3, -0.25) is 9.40 Å². The number of hydrogen-bond acceptors (Lipinski definition) is 3. The van der Waals surface area contributed by atoms with Crippen molar-refractivity contribution in [3.8, 4) is 0 Å². The van der Waals surface area contributed by atoms with E-state index in [0.29, 0.717) is 16.6 Å². The average Bonchev–Trinajstić information content (AvgIpc) is 3.04. The van der Waals surface area contributed by atoms with Crippen LogP contribution >= 0.6 is 23.2 Å². The smallest absolute Gasteiger partial charge is 0.263 e. The Hall–Kier alpha value is -2.02. The maximum Gasteiger partial charge on any atom is 0.263 e. The monoisotopic (exact) mass is 409 g/mol. The Morgan fingerprint density at radius 1 is 1.08 bits per heavy atom. The van der Waals surface area contributed by atoms with Gasteiger partial charge in [-0.15, -0.1) is 0 Å². The largest absolute Gasteiger partial charge is 0.266 e. The Labute approximate surface area is 162 Å². The van der Waals surface area contributed by atoms with Gasteiger partial charge in [0.05, 0.1) is 11.4 Å². The van der Waals surface area contributed by atoms with Crippen molar-refractivity contribution in [2.75, 3.05) is 4.72 Å². The third-order valence-electron chi connectivity index (χ3n) is 3.87. The number of nitrogens with one attached hydrogen (secondary N) is 1. The molecule has 1 aromatic heterocycles. The van der Waals surface area contributed by atoms with E-state index in [1.54, 1.807) is 53.3 Å². The molecule has 0 aliphatic heterocycles. The van der Waals surface area contributed by atoms with Crippen molar-refractivity contribution in [3.05, 3.63) is 75.9 Å². The van der Waals surface area contributed by atoms with Crippen LogP contribution in [0.3, 0.4) is 0 Å². The van der Waals surface area contributed by atoms with Crippen molar-refractivity contribution in [3.63, 3.8) is 0 Å². The molecule has 0 spiro atoms. The second kappa shape index (κ2) is 7.70. The van der Waals surface area contributed by atoms with Gasteiger partial charge in [-0.1, -0.05) is 48.3 Å². The van der Waals surface area contributed by atoms with Crippen LogP contribution < -0.4 is 4.72 Å². The molecule has 5 nitrogen and oxygen atoms in total. The van der Waals surface area contributed by atoms with E-state index in [4.69, 9.17) is 23.2 Å². The Kier molecular flexibility index (Phi) is 5.55. The zero-order chi connectivity index (χ0) is 18.7. The number of hydrogen-bond donors (Lipinski definition) is 1. The van der Waals surface area contributed by atoms with Gasteiger partial charge in [0.2, 0.25) is 0 Å². The average molecular weight is 410 g/mol. The Bertz CT molecular complexity index is 1020. The molecular formula is C18H17Cl2N3O2S. The molecule has 0 aliphatic rings. The van der Waals surface area contributed by atoms with Gasteiger partial charge < -0.3 is 0 Å². The van der Waals surface area contributed by atoms with Crippen LogP contribution in [0.1, 0.15) is 18.1 Å². The fourth-order valence-corrected chi connectivity index (χ4v) is 3.89. The molecule has 2 aromatic carbocycles. The van der Waals surface area contributed by atoms with Crippen molar-refractivity contribution in [2.24, 2.45) is 0 Å². The third-order valence-corrected chi connectivity index (χ3v) is 5.83. The number of anilines is 1. The number of aryl methyl sites for hydroxylation is 1. The number of sulfonamides is 1. The van der Waals surface area contributed by atoms with Gasteiger partial charge in [-0.2, -0.15) is 5.10 Å². The van der Waals surface area contributed by atoms with Crippen molar-refractivity contribution in [2.45, 2.75) is 24.8 Å². The van der Waals surface area contributed by atoms with E-state index in [0.717, 1.165) is 17.5 Å². The summed E-state index contributed by atoms with van der Waals surface area (Å²) in [7, 11) is -3.68. The maximum atomic E-state index is 12.5. The summed E-state index contributed by atoms with van der Waals surface area (Å²) in [6.45, 7) is 2.42. The molecule has 136 valence electrons. The Morgan fingerprint density at radius 2 is 1.81 bits per heavy atom. The number of halogens is 2. The molecule has 0 radical (unpaired) electrons. The molecule has 26 heavy (non-hydrogen) atoms. The normalized spacial score (nSPS) is 11.5. The van der Waals surface area contributed by atoms with Crippen molar-refractivity contribution in [1.29, 1.82) is 0 Å². The third kappa shape index (κ3) is 4.38. The molecule has 0 fully saturated rings. The molecule has 0 saturated carbocycles. The van der Waals surface area contributed by atoms with Crippen LogP contribution in [0.2, 0.25) is 10.0 Å². The van der Waals surface area contributed by atoms with Gasteiger partial charge in [-0.25, -0.2) is 8.42 Å². The van der Waals surface area contributed by atoms with Crippen LogP contribution in [-0.4, -0.2) is 18.2 Å². The van der Waals surface area contributed by atoms with Crippen LogP contribution in [0, 0.1) is 0 Å². The van der Waals surface area contributed by atoms with Gasteiger partial charge in [0.1, 0.15) is 0 Å². The van der Waals surface area contributed by atoms with Crippen LogP contribution in [0.4, 0.5) is 5.82 Å². The lowest BCUT2D eigenvalue weighted by molar-refractivity contribution is 0.600.